The third kappa shape index (κ3) is 24.0. The predicted molar refractivity (Wildman–Crippen MR) is 129 cm³/mol. The van der Waals surface area contributed by atoms with E-state index in [0.717, 1.165) is 39.5 Å². The Labute approximate surface area is 184 Å². The van der Waals surface area contributed by atoms with Crippen molar-refractivity contribution in [2.75, 3.05) is 46.1 Å². The Balaban J connectivity index is 3.35. The van der Waals surface area contributed by atoms with E-state index in [1.54, 1.807) is 0 Å². The first-order chi connectivity index (χ1) is 14.3. The summed E-state index contributed by atoms with van der Waals surface area (Å²) >= 11 is 0. The largest absolute Gasteiger partial charge is 0.380 e. The third-order valence-corrected chi connectivity index (χ3v) is 5.84. The van der Waals surface area contributed by atoms with Crippen LogP contribution in [0.2, 0.25) is 0 Å². The number of hydrogen-bond donors (Lipinski definition) is 0. The Kier molecular flexibility index (Phi) is 25.8. The first kappa shape index (κ1) is 28.9. The minimum atomic E-state index is 0.818. The van der Waals surface area contributed by atoms with Crippen molar-refractivity contribution in [1.29, 1.82) is 0 Å². The third-order valence-electron chi connectivity index (χ3n) is 5.84. The van der Waals surface area contributed by atoms with Gasteiger partial charge in [0.15, 0.2) is 0 Å². The lowest BCUT2D eigenvalue weighted by Crippen LogP contribution is -2.32. The summed E-state index contributed by atoms with van der Waals surface area (Å²) in [5.74, 6) is 0. The zero-order chi connectivity index (χ0) is 21.3. The van der Waals surface area contributed by atoms with Gasteiger partial charge < -0.3 is 9.47 Å². The van der Waals surface area contributed by atoms with Crippen LogP contribution in [0.5, 0.6) is 0 Å². The smallest absolute Gasteiger partial charge is 0.0593 e. The van der Waals surface area contributed by atoms with E-state index in [2.05, 4.69) is 25.7 Å². The van der Waals surface area contributed by atoms with Gasteiger partial charge in [0.05, 0.1) is 13.2 Å². The number of ether oxygens (including phenoxy) is 2. The predicted octanol–water partition coefficient (Wildman–Crippen LogP) is 7.62. The summed E-state index contributed by atoms with van der Waals surface area (Å²) in [7, 11) is 0. The van der Waals surface area contributed by atoms with E-state index in [1.807, 2.05) is 0 Å². The van der Waals surface area contributed by atoms with Crippen molar-refractivity contribution in [1.82, 2.24) is 4.90 Å². The molecule has 0 fully saturated rings. The molecule has 0 heterocycles. The molecule has 0 saturated heterocycles. The summed E-state index contributed by atoms with van der Waals surface area (Å²) in [6.07, 6.45) is 22.9. The molecule has 3 nitrogen and oxygen atoms in total. The van der Waals surface area contributed by atoms with Crippen molar-refractivity contribution in [3.05, 3.63) is 0 Å². The molecule has 0 aliphatic rings. The van der Waals surface area contributed by atoms with Gasteiger partial charge in [0.25, 0.3) is 0 Å². The van der Waals surface area contributed by atoms with Crippen molar-refractivity contribution < 1.29 is 9.47 Å². The van der Waals surface area contributed by atoms with Crippen LogP contribution in [0.25, 0.3) is 0 Å². The van der Waals surface area contributed by atoms with Crippen molar-refractivity contribution >= 4 is 0 Å². The van der Waals surface area contributed by atoms with Gasteiger partial charge in [-0.05, 0) is 26.8 Å². The molecule has 0 N–H and O–H groups in total. The van der Waals surface area contributed by atoms with Crippen LogP contribution in [0.3, 0.4) is 0 Å². The number of unbranched alkanes of at least 4 members (excludes halogenated alkanes) is 15. The van der Waals surface area contributed by atoms with Gasteiger partial charge in [-0.15, -0.1) is 0 Å². The van der Waals surface area contributed by atoms with Gasteiger partial charge in [-0.2, -0.15) is 0 Å². The topological polar surface area (TPSA) is 21.7 Å². The van der Waals surface area contributed by atoms with Gasteiger partial charge in [0.1, 0.15) is 0 Å². The molecule has 0 saturated carbocycles. The average Bonchev–Trinajstić information content (AvgIpc) is 2.73. The molecule has 0 atom stereocenters. The van der Waals surface area contributed by atoms with Crippen LogP contribution in [0.1, 0.15) is 124 Å². The summed E-state index contributed by atoms with van der Waals surface area (Å²) < 4.78 is 11.0. The molecule has 0 rings (SSSR count). The van der Waals surface area contributed by atoms with Crippen molar-refractivity contribution in [2.45, 2.75) is 124 Å². The van der Waals surface area contributed by atoms with Crippen LogP contribution < -0.4 is 0 Å². The van der Waals surface area contributed by atoms with E-state index in [4.69, 9.17) is 9.47 Å². The molecule has 0 unspecified atom stereocenters. The summed E-state index contributed by atoms with van der Waals surface area (Å²) in [5, 5.41) is 0. The van der Waals surface area contributed by atoms with E-state index in [9.17, 15) is 0 Å². The quantitative estimate of drug-likeness (QED) is 0.144. The molecule has 29 heavy (non-hydrogen) atoms. The molecular formula is C26H55NO2. The number of rotatable bonds is 25. The van der Waals surface area contributed by atoms with Gasteiger partial charge in [0.2, 0.25) is 0 Å². The highest BCUT2D eigenvalue weighted by Gasteiger charge is 2.04. The zero-order valence-corrected chi connectivity index (χ0v) is 20.5. The fraction of sp³-hybridized carbons (Fsp3) is 1.00. The van der Waals surface area contributed by atoms with Gasteiger partial charge >= 0.3 is 0 Å². The Hall–Kier alpha value is -0.120. The van der Waals surface area contributed by atoms with E-state index in [1.165, 1.54) is 109 Å². The fourth-order valence-electron chi connectivity index (χ4n) is 3.89. The second-order valence-corrected chi connectivity index (χ2v) is 8.54. The molecule has 0 spiro atoms. The number of nitrogens with zero attached hydrogens (tertiary/aromatic N) is 1. The molecule has 176 valence electrons. The Bertz CT molecular complexity index is 276. The van der Waals surface area contributed by atoms with Crippen LogP contribution >= 0.6 is 0 Å². The van der Waals surface area contributed by atoms with Crippen LogP contribution in [-0.2, 0) is 9.47 Å². The monoisotopic (exact) mass is 413 g/mol. The van der Waals surface area contributed by atoms with E-state index in [-0.39, 0.29) is 0 Å². The molecule has 0 bridgehead atoms. The van der Waals surface area contributed by atoms with E-state index >= 15 is 0 Å². The lowest BCUT2D eigenvalue weighted by molar-refractivity contribution is 0.0820. The van der Waals surface area contributed by atoms with Gasteiger partial charge in [-0.25, -0.2) is 0 Å². The fourth-order valence-corrected chi connectivity index (χ4v) is 3.89. The Morgan fingerprint density at radius 3 is 1.10 bits per heavy atom. The SMILES string of the molecule is CCCCCCCCCCCCCCCCCCN(CCOCC)CCOCC. The molecule has 3 heteroatoms. The highest BCUT2D eigenvalue weighted by atomic mass is 16.5. The average molecular weight is 414 g/mol. The summed E-state index contributed by atoms with van der Waals surface area (Å²) in [4.78, 5) is 2.51. The highest BCUT2D eigenvalue weighted by molar-refractivity contribution is 4.58. The Morgan fingerprint density at radius 2 is 0.759 bits per heavy atom. The molecule has 0 aliphatic carbocycles. The standard InChI is InChI=1S/C26H55NO2/c1-4-7-8-9-10-11-12-13-14-15-16-17-18-19-20-21-22-27(23-25-28-5-2)24-26-29-6-3/h4-26H2,1-3H3. The van der Waals surface area contributed by atoms with Gasteiger partial charge in [0, 0.05) is 26.3 Å². The second kappa shape index (κ2) is 25.9. The Morgan fingerprint density at radius 1 is 0.414 bits per heavy atom. The molecule has 0 amide bonds. The molecular weight excluding hydrogens is 358 g/mol. The number of hydrogen-bond acceptors (Lipinski definition) is 3. The maximum atomic E-state index is 5.52. The maximum Gasteiger partial charge on any atom is 0.0593 e. The van der Waals surface area contributed by atoms with Crippen LogP contribution in [0.4, 0.5) is 0 Å². The minimum absolute atomic E-state index is 0.818. The molecule has 0 aliphatic heterocycles. The van der Waals surface area contributed by atoms with Crippen LogP contribution in [-0.4, -0.2) is 51.0 Å². The summed E-state index contributed by atoms with van der Waals surface area (Å²) in [6.45, 7) is 13.0. The van der Waals surface area contributed by atoms with Crippen molar-refractivity contribution in [2.24, 2.45) is 0 Å². The van der Waals surface area contributed by atoms with E-state index in [0.29, 0.717) is 0 Å². The van der Waals surface area contributed by atoms with Crippen molar-refractivity contribution in [3.63, 3.8) is 0 Å². The molecule has 0 aromatic heterocycles. The highest BCUT2D eigenvalue weighted by Crippen LogP contribution is 2.13. The molecule has 0 aromatic rings. The van der Waals surface area contributed by atoms with Crippen molar-refractivity contribution in [3.8, 4) is 0 Å². The second-order valence-electron chi connectivity index (χ2n) is 8.54. The van der Waals surface area contributed by atoms with Gasteiger partial charge in [-0.3, -0.25) is 4.90 Å². The van der Waals surface area contributed by atoms with E-state index < -0.39 is 0 Å². The first-order valence-corrected chi connectivity index (χ1v) is 13.2. The van der Waals surface area contributed by atoms with Crippen LogP contribution in [0, 0.1) is 0 Å². The van der Waals surface area contributed by atoms with Gasteiger partial charge in [-0.1, -0.05) is 103 Å². The summed E-state index contributed by atoms with van der Waals surface area (Å²) in [6, 6.07) is 0. The lowest BCUT2D eigenvalue weighted by Gasteiger charge is -2.22. The normalized spacial score (nSPS) is 11.6. The molecule has 0 radical (unpaired) electrons. The first-order valence-electron chi connectivity index (χ1n) is 13.2. The summed E-state index contributed by atoms with van der Waals surface area (Å²) in [5.41, 5.74) is 0. The maximum absolute atomic E-state index is 5.52. The lowest BCUT2D eigenvalue weighted by atomic mass is 10.0. The zero-order valence-electron chi connectivity index (χ0n) is 20.5. The molecule has 0 aromatic carbocycles. The minimum Gasteiger partial charge on any atom is -0.380 e. The van der Waals surface area contributed by atoms with Crippen LogP contribution in [0.15, 0.2) is 0 Å².